The first kappa shape index (κ1) is 13.4. The van der Waals surface area contributed by atoms with Crippen LogP contribution in [0.5, 0.6) is 0 Å². The molecule has 0 unspecified atom stereocenters. The van der Waals surface area contributed by atoms with Crippen molar-refractivity contribution in [2.75, 3.05) is 26.2 Å². The van der Waals surface area contributed by atoms with Gasteiger partial charge in [-0.15, -0.1) is 0 Å². The third-order valence-electron chi connectivity index (χ3n) is 4.77. The fourth-order valence-corrected chi connectivity index (χ4v) is 3.84. The summed E-state index contributed by atoms with van der Waals surface area (Å²) < 4.78 is 0. The summed E-state index contributed by atoms with van der Waals surface area (Å²) in [6.07, 6.45) is 6.53. The van der Waals surface area contributed by atoms with Crippen molar-refractivity contribution in [2.45, 2.75) is 37.6 Å². The maximum atomic E-state index is 6.06. The molecule has 2 aliphatic heterocycles. The standard InChI is InChI=1S/C16H23ClN2/c17-15-6-4-14(5-7-15)16(8-10-18-11-9-16)19-12-2-1-3-13-19/h4-7,18H,1-3,8-13H2. The molecular formula is C16H23ClN2. The second-order valence-electron chi connectivity index (χ2n) is 5.84. The van der Waals surface area contributed by atoms with Crippen LogP contribution in [0.3, 0.4) is 0 Å². The Morgan fingerprint density at radius 3 is 2.21 bits per heavy atom. The molecule has 19 heavy (non-hydrogen) atoms. The van der Waals surface area contributed by atoms with Gasteiger partial charge < -0.3 is 5.32 Å². The number of hydrogen-bond donors (Lipinski definition) is 1. The summed E-state index contributed by atoms with van der Waals surface area (Å²) in [5, 5.41) is 4.35. The van der Waals surface area contributed by atoms with Gasteiger partial charge in [0.25, 0.3) is 0 Å². The molecule has 3 heteroatoms. The first-order valence-electron chi connectivity index (χ1n) is 7.53. The van der Waals surface area contributed by atoms with Gasteiger partial charge in [-0.25, -0.2) is 0 Å². The van der Waals surface area contributed by atoms with Crippen molar-refractivity contribution in [3.8, 4) is 0 Å². The normalized spacial score (nSPS) is 24.3. The Kier molecular flexibility index (Phi) is 4.11. The highest BCUT2D eigenvalue weighted by Gasteiger charge is 2.39. The highest BCUT2D eigenvalue weighted by atomic mass is 35.5. The maximum Gasteiger partial charge on any atom is 0.0484 e. The van der Waals surface area contributed by atoms with Crippen molar-refractivity contribution >= 4 is 11.6 Å². The number of nitrogens with one attached hydrogen (secondary N) is 1. The molecule has 0 atom stereocenters. The largest absolute Gasteiger partial charge is 0.317 e. The molecule has 1 aromatic carbocycles. The maximum absolute atomic E-state index is 6.06. The van der Waals surface area contributed by atoms with Crippen LogP contribution < -0.4 is 5.32 Å². The highest BCUT2D eigenvalue weighted by molar-refractivity contribution is 6.30. The number of nitrogens with zero attached hydrogens (tertiary/aromatic N) is 1. The van der Waals surface area contributed by atoms with Crippen molar-refractivity contribution in [2.24, 2.45) is 0 Å². The van der Waals surface area contributed by atoms with E-state index in [9.17, 15) is 0 Å². The zero-order valence-electron chi connectivity index (χ0n) is 11.5. The molecule has 0 saturated carbocycles. The molecule has 3 rings (SSSR count). The molecule has 0 amide bonds. The molecule has 104 valence electrons. The van der Waals surface area contributed by atoms with Gasteiger partial charge in [0.1, 0.15) is 0 Å². The predicted octanol–water partition coefficient (Wildman–Crippen LogP) is 3.40. The first-order valence-corrected chi connectivity index (χ1v) is 7.91. The summed E-state index contributed by atoms with van der Waals surface area (Å²) in [5.41, 5.74) is 1.70. The molecule has 2 fully saturated rings. The minimum absolute atomic E-state index is 0.246. The molecular weight excluding hydrogens is 256 g/mol. The Balaban J connectivity index is 1.93. The van der Waals surface area contributed by atoms with E-state index >= 15 is 0 Å². The van der Waals surface area contributed by atoms with Gasteiger partial charge in [-0.2, -0.15) is 0 Å². The molecule has 1 aromatic rings. The molecule has 2 aliphatic rings. The van der Waals surface area contributed by atoms with Gasteiger partial charge in [0.05, 0.1) is 0 Å². The summed E-state index contributed by atoms with van der Waals surface area (Å²) in [6, 6.07) is 8.57. The van der Waals surface area contributed by atoms with Gasteiger partial charge in [0, 0.05) is 10.6 Å². The van der Waals surface area contributed by atoms with Crippen LogP contribution in [-0.4, -0.2) is 31.1 Å². The summed E-state index contributed by atoms with van der Waals surface area (Å²) in [5.74, 6) is 0. The molecule has 2 saturated heterocycles. The van der Waals surface area contributed by atoms with E-state index in [0.717, 1.165) is 18.1 Å². The number of rotatable bonds is 2. The molecule has 2 heterocycles. The lowest BCUT2D eigenvalue weighted by Crippen LogP contribution is -2.53. The fourth-order valence-electron chi connectivity index (χ4n) is 3.71. The van der Waals surface area contributed by atoms with Crippen LogP contribution in [0.15, 0.2) is 24.3 Å². The number of piperidine rings is 2. The monoisotopic (exact) mass is 278 g/mol. The van der Waals surface area contributed by atoms with Gasteiger partial charge in [0.15, 0.2) is 0 Å². The van der Waals surface area contributed by atoms with E-state index in [1.807, 2.05) is 12.1 Å². The lowest BCUT2D eigenvalue weighted by molar-refractivity contribution is 0.0360. The van der Waals surface area contributed by atoms with Crippen molar-refractivity contribution < 1.29 is 0 Å². The van der Waals surface area contributed by atoms with E-state index in [1.165, 1.54) is 50.8 Å². The fraction of sp³-hybridized carbons (Fsp3) is 0.625. The Bertz CT molecular complexity index is 403. The smallest absolute Gasteiger partial charge is 0.0484 e. The summed E-state index contributed by atoms with van der Waals surface area (Å²) in [7, 11) is 0. The minimum atomic E-state index is 0.246. The third kappa shape index (κ3) is 2.67. The number of halogens is 1. The van der Waals surface area contributed by atoms with Crippen LogP contribution in [-0.2, 0) is 5.54 Å². The zero-order chi connectivity index (χ0) is 13.1. The molecule has 0 radical (unpaired) electrons. The van der Waals surface area contributed by atoms with E-state index < -0.39 is 0 Å². The number of benzene rings is 1. The number of hydrogen-bond acceptors (Lipinski definition) is 2. The summed E-state index contributed by atoms with van der Waals surface area (Å²) >= 11 is 6.06. The molecule has 0 spiro atoms. The minimum Gasteiger partial charge on any atom is -0.317 e. The van der Waals surface area contributed by atoms with Crippen LogP contribution in [0.2, 0.25) is 5.02 Å². The molecule has 1 N–H and O–H groups in total. The van der Waals surface area contributed by atoms with Gasteiger partial charge in [-0.1, -0.05) is 30.2 Å². The second-order valence-corrected chi connectivity index (χ2v) is 6.27. The Hall–Kier alpha value is -0.570. The van der Waals surface area contributed by atoms with Crippen molar-refractivity contribution in [3.05, 3.63) is 34.9 Å². The molecule has 0 bridgehead atoms. The van der Waals surface area contributed by atoms with E-state index in [-0.39, 0.29) is 5.54 Å². The Morgan fingerprint density at radius 1 is 0.947 bits per heavy atom. The first-order chi connectivity index (χ1) is 9.31. The average Bonchev–Trinajstić information content (AvgIpc) is 2.49. The van der Waals surface area contributed by atoms with Crippen LogP contribution in [0.25, 0.3) is 0 Å². The van der Waals surface area contributed by atoms with Gasteiger partial charge >= 0.3 is 0 Å². The van der Waals surface area contributed by atoms with E-state index in [1.54, 1.807) is 0 Å². The van der Waals surface area contributed by atoms with Crippen LogP contribution in [0.1, 0.15) is 37.7 Å². The third-order valence-corrected chi connectivity index (χ3v) is 5.03. The lowest BCUT2D eigenvalue weighted by Gasteiger charge is -2.49. The van der Waals surface area contributed by atoms with E-state index in [2.05, 4.69) is 22.3 Å². The zero-order valence-corrected chi connectivity index (χ0v) is 12.3. The molecule has 2 nitrogen and oxygen atoms in total. The summed E-state index contributed by atoms with van der Waals surface area (Å²) in [6.45, 7) is 4.75. The average molecular weight is 279 g/mol. The Morgan fingerprint density at radius 2 is 1.58 bits per heavy atom. The van der Waals surface area contributed by atoms with Gasteiger partial charge in [-0.05, 0) is 69.6 Å². The highest BCUT2D eigenvalue weighted by Crippen LogP contribution is 2.39. The van der Waals surface area contributed by atoms with Crippen molar-refractivity contribution in [1.82, 2.24) is 10.2 Å². The van der Waals surface area contributed by atoms with Crippen LogP contribution in [0.4, 0.5) is 0 Å². The topological polar surface area (TPSA) is 15.3 Å². The quantitative estimate of drug-likeness (QED) is 0.892. The number of likely N-dealkylation sites (tertiary alicyclic amines) is 1. The van der Waals surface area contributed by atoms with Gasteiger partial charge in [-0.3, -0.25) is 4.90 Å². The molecule has 0 aromatic heterocycles. The lowest BCUT2D eigenvalue weighted by atomic mass is 9.79. The van der Waals surface area contributed by atoms with E-state index in [4.69, 9.17) is 11.6 Å². The second kappa shape index (κ2) is 5.82. The van der Waals surface area contributed by atoms with E-state index in [0.29, 0.717) is 0 Å². The molecule has 0 aliphatic carbocycles. The summed E-state index contributed by atoms with van der Waals surface area (Å²) in [4.78, 5) is 2.74. The SMILES string of the molecule is Clc1ccc(C2(N3CCCCC3)CCNCC2)cc1. The predicted molar refractivity (Wildman–Crippen MR) is 80.7 cm³/mol. The van der Waals surface area contributed by atoms with Crippen molar-refractivity contribution in [1.29, 1.82) is 0 Å². The Labute approximate surface area is 121 Å². The van der Waals surface area contributed by atoms with Crippen LogP contribution >= 0.6 is 11.6 Å². The van der Waals surface area contributed by atoms with Gasteiger partial charge in [0.2, 0.25) is 0 Å². The van der Waals surface area contributed by atoms with Crippen LogP contribution in [0, 0.1) is 0 Å². The van der Waals surface area contributed by atoms with Crippen molar-refractivity contribution in [3.63, 3.8) is 0 Å².